The second-order valence-electron chi connectivity index (χ2n) is 7.93. The molecule has 0 aromatic heterocycles. The highest BCUT2D eigenvalue weighted by Crippen LogP contribution is 2.44. The van der Waals surface area contributed by atoms with E-state index in [4.69, 9.17) is 0 Å². The molecule has 2 heterocycles. The number of phenolic OH excluding ortho intramolecular Hbond substituents is 1. The maximum Gasteiger partial charge on any atom is 0.250 e. The maximum absolute atomic E-state index is 13.1. The number of amides is 2. The van der Waals surface area contributed by atoms with E-state index in [9.17, 15) is 14.7 Å². The number of phenols is 1. The Morgan fingerprint density at radius 3 is 2.56 bits per heavy atom. The summed E-state index contributed by atoms with van der Waals surface area (Å²) < 4.78 is 0. The molecule has 2 amide bonds. The maximum atomic E-state index is 13.1. The van der Waals surface area contributed by atoms with E-state index in [0.29, 0.717) is 13.0 Å². The van der Waals surface area contributed by atoms with Crippen molar-refractivity contribution >= 4 is 11.8 Å². The fourth-order valence-electron chi connectivity index (χ4n) is 4.42. The SMILES string of the molecule is CC1CN2C(=O)C(c3ccccc3)NC(=O)C2C[C@@]1(C)c1cccc(O)c1. The van der Waals surface area contributed by atoms with E-state index >= 15 is 0 Å². The summed E-state index contributed by atoms with van der Waals surface area (Å²) in [6.45, 7) is 4.74. The van der Waals surface area contributed by atoms with Gasteiger partial charge in [-0.1, -0.05) is 56.3 Å². The van der Waals surface area contributed by atoms with Gasteiger partial charge in [-0.2, -0.15) is 0 Å². The van der Waals surface area contributed by atoms with Gasteiger partial charge in [0, 0.05) is 6.54 Å². The second kappa shape index (κ2) is 6.41. The second-order valence-corrected chi connectivity index (χ2v) is 7.93. The van der Waals surface area contributed by atoms with Crippen molar-refractivity contribution in [3.63, 3.8) is 0 Å². The molecule has 140 valence electrons. The number of nitrogens with one attached hydrogen (secondary N) is 1. The van der Waals surface area contributed by atoms with Crippen LogP contribution in [0, 0.1) is 5.92 Å². The van der Waals surface area contributed by atoms with Crippen molar-refractivity contribution in [1.29, 1.82) is 0 Å². The van der Waals surface area contributed by atoms with E-state index in [-0.39, 0.29) is 28.9 Å². The molecular weight excluding hydrogens is 340 g/mol. The van der Waals surface area contributed by atoms with Gasteiger partial charge in [0.1, 0.15) is 17.8 Å². The van der Waals surface area contributed by atoms with Gasteiger partial charge >= 0.3 is 0 Å². The topological polar surface area (TPSA) is 69.6 Å². The van der Waals surface area contributed by atoms with Gasteiger partial charge in [-0.3, -0.25) is 9.59 Å². The average molecular weight is 364 g/mol. The van der Waals surface area contributed by atoms with Gasteiger partial charge < -0.3 is 15.3 Å². The van der Waals surface area contributed by atoms with Crippen LogP contribution in [0.25, 0.3) is 0 Å². The molecule has 5 heteroatoms. The molecule has 2 aromatic rings. The number of carbonyl (C=O) groups is 2. The van der Waals surface area contributed by atoms with Crippen molar-refractivity contribution in [3.8, 4) is 5.75 Å². The smallest absolute Gasteiger partial charge is 0.250 e. The van der Waals surface area contributed by atoms with Crippen LogP contribution in [0.4, 0.5) is 0 Å². The van der Waals surface area contributed by atoms with Gasteiger partial charge in [0.25, 0.3) is 0 Å². The third kappa shape index (κ3) is 2.87. The Kier molecular flexibility index (Phi) is 4.17. The largest absolute Gasteiger partial charge is 0.508 e. The molecule has 2 fully saturated rings. The van der Waals surface area contributed by atoms with Gasteiger partial charge in [0.05, 0.1) is 0 Å². The van der Waals surface area contributed by atoms with Crippen LogP contribution >= 0.6 is 0 Å². The lowest BCUT2D eigenvalue weighted by molar-refractivity contribution is -0.154. The lowest BCUT2D eigenvalue weighted by Gasteiger charge is -2.51. The molecule has 3 unspecified atom stereocenters. The number of hydrogen-bond donors (Lipinski definition) is 2. The Morgan fingerprint density at radius 1 is 1.11 bits per heavy atom. The van der Waals surface area contributed by atoms with E-state index < -0.39 is 12.1 Å². The van der Waals surface area contributed by atoms with Crippen molar-refractivity contribution in [3.05, 3.63) is 65.7 Å². The van der Waals surface area contributed by atoms with Crippen molar-refractivity contribution in [2.24, 2.45) is 5.92 Å². The van der Waals surface area contributed by atoms with E-state index in [0.717, 1.165) is 11.1 Å². The van der Waals surface area contributed by atoms with Crippen LogP contribution < -0.4 is 5.32 Å². The first kappa shape index (κ1) is 17.6. The highest BCUT2D eigenvalue weighted by molar-refractivity contribution is 5.97. The monoisotopic (exact) mass is 364 g/mol. The molecule has 2 saturated heterocycles. The molecule has 4 atom stereocenters. The quantitative estimate of drug-likeness (QED) is 0.861. The zero-order valence-electron chi connectivity index (χ0n) is 15.6. The third-order valence-electron chi connectivity index (χ3n) is 6.31. The molecule has 2 aliphatic rings. The highest BCUT2D eigenvalue weighted by atomic mass is 16.3. The Morgan fingerprint density at radius 2 is 1.85 bits per heavy atom. The van der Waals surface area contributed by atoms with Crippen molar-refractivity contribution < 1.29 is 14.7 Å². The first-order chi connectivity index (χ1) is 12.9. The summed E-state index contributed by atoms with van der Waals surface area (Å²) in [5, 5.41) is 12.8. The molecule has 2 aliphatic heterocycles. The number of fused-ring (bicyclic) bond motifs is 1. The van der Waals surface area contributed by atoms with E-state index in [1.54, 1.807) is 17.0 Å². The fourth-order valence-corrected chi connectivity index (χ4v) is 4.42. The number of piperazine rings is 1. The molecule has 5 nitrogen and oxygen atoms in total. The summed E-state index contributed by atoms with van der Waals surface area (Å²) in [6, 6.07) is 15.5. The zero-order valence-corrected chi connectivity index (χ0v) is 15.6. The summed E-state index contributed by atoms with van der Waals surface area (Å²) in [7, 11) is 0. The lowest BCUT2D eigenvalue weighted by atomic mass is 9.65. The van der Waals surface area contributed by atoms with Gasteiger partial charge in [-0.25, -0.2) is 0 Å². The molecular formula is C22H24N2O3. The van der Waals surface area contributed by atoms with Gasteiger partial charge in [-0.15, -0.1) is 0 Å². The number of carbonyl (C=O) groups excluding carboxylic acids is 2. The van der Waals surface area contributed by atoms with Crippen LogP contribution in [0.1, 0.15) is 37.4 Å². The minimum absolute atomic E-state index is 0.0457. The van der Waals surface area contributed by atoms with Crippen molar-refractivity contribution in [2.75, 3.05) is 6.54 Å². The van der Waals surface area contributed by atoms with Gasteiger partial charge in [0.15, 0.2) is 0 Å². The Bertz CT molecular complexity index is 882. The van der Waals surface area contributed by atoms with Crippen LogP contribution in [0.3, 0.4) is 0 Å². The van der Waals surface area contributed by atoms with Crippen molar-refractivity contribution in [2.45, 2.75) is 37.8 Å². The lowest BCUT2D eigenvalue weighted by Crippen LogP contribution is -2.65. The van der Waals surface area contributed by atoms with Gasteiger partial charge in [0.2, 0.25) is 11.8 Å². The summed E-state index contributed by atoms with van der Waals surface area (Å²) in [4.78, 5) is 27.8. The molecule has 0 bridgehead atoms. The van der Waals surface area contributed by atoms with Gasteiger partial charge in [-0.05, 0) is 41.0 Å². The van der Waals surface area contributed by atoms with Crippen LogP contribution in [0.15, 0.2) is 54.6 Å². The zero-order chi connectivity index (χ0) is 19.2. The average Bonchev–Trinajstić information content (AvgIpc) is 2.67. The highest BCUT2D eigenvalue weighted by Gasteiger charge is 2.50. The minimum Gasteiger partial charge on any atom is -0.508 e. The standard InChI is InChI=1S/C22H24N2O3/c1-14-13-24-18(12-22(14,2)16-9-6-10-17(25)11-16)20(26)23-19(21(24)27)15-7-4-3-5-8-15/h3-11,14,18-19,25H,12-13H2,1-2H3,(H,23,26)/t14?,18?,19?,22-/m1/s1. The first-order valence-corrected chi connectivity index (χ1v) is 9.35. The Balaban J connectivity index is 1.65. The first-order valence-electron chi connectivity index (χ1n) is 9.35. The predicted octanol–water partition coefficient (Wildman–Crippen LogP) is 2.76. The molecule has 0 aliphatic carbocycles. The minimum atomic E-state index is -0.618. The number of rotatable bonds is 2. The number of benzene rings is 2. The van der Waals surface area contributed by atoms with Crippen molar-refractivity contribution in [1.82, 2.24) is 10.2 Å². The molecule has 27 heavy (non-hydrogen) atoms. The predicted molar refractivity (Wildman–Crippen MR) is 102 cm³/mol. The fraction of sp³-hybridized carbons (Fsp3) is 0.364. The number of hydrogen-bond acceptors (Lipinski definition) is 3. The molecule has 0 saturated carbocycles. The summed E-state index contributed by atoms with van der Waals surface area (Å²) in [5.41, 5.74) is 1.51. The summed E-state index contributed by atoms with van der Waals surface area (Å²) >= 11 is 0. The molecule has 2 aromatic carbocycles. The van der Waals surface area contributed by atoms with Crippen LogP contribution in [-0.4, -0.2) is 34.4 Å². The summed E-state index contributed by atoms with van der Waals surface area (Å²) in [6.07, 6.45) is 0.538. The molecule has 2 N–H and O–H groups in total. The van der Waals surface area contributed by atoms with E-state index in [1.165, 1.54) is 0 Å². The Labute approximate surface area is 159 Å². The number of piperidine rings is 1. The molecule has 0 radical (unpaired) electrons. The van der Waals surface area contributed by atoms with E-state index in [1.807, 2.05) is 42.5 Å². The normalized spacial score (nSPS) is 30.6. The summed E-state index contributed by atoms with van der Waals surface area (Å²) in [5.74, 6) is 0.218. The third-order valence-corrected chi connectivity index (χ3v) is 6.31. The van der Waals surface area contributed by atoms with E-state index in [2.05, 4.69) is 19.2 Å². The number of nitrogens with zero attached hydrogens (tertiary/aromatic N) is 1. The van der Waals surface area contributed by atoms with Crippen LogP contribution in [-0.2, 0) is 15.0 Å². The van der Waals surface area contributed by atoms with Crippen LogP contribution in [0.5, 0.6) is 5.75 Å². The van der Waals surface area contributed by atoms with Crippen LogP contribution in [0.2, 0.25) is 0 Å². The Hall–Kier alpha value is -2.82. The molecule has 4 rings (SSSR count). The number of aromatic hydroxyl groups is 1. The molecule has 0 spiro atoms.